The largest absolute Gasteiger partial charge is 0.322 e. The van der Waals surface area contributed by atoms with Gasteiger partial charge >= 0.3 is 6.03 Å². The Bertz CT molecular complexity index is 600. The quantitative estimate of drug-likeness (QED) is 0.893. The van der Waals surface area contributed by atoms with Gasteiger partial charge in [-0.2, -0.15) is 0 Å². The van der Waals surface area contributed by atoms with Crippen LogP contribution in [0.2, 0.25) is 0 Å². The van der Waals surface area contributed by atoms with E-state index in [9.17, 15) is 4.79 Å². The zero-order valence-corrected chi connectivity index (χ0v) is 12.5. The molecule has 2 N–H and O–H groups in total. The van der Waals surface area contributed by atoms with E-state index in [1.54, 1.807) is 0 Å². The van der Waals surface area contributed by atoms with Crippen LogP contribution < -0.4 is 10.6 Å². The van der Waals surface area contributed by atoms with Gasteiger partial charge in [0.25, 0.3) is 0 Å². The van der Waals surface area contributed by atoms with E-state index in [1.165, 1.54) is 5.56 Å². The minimum Gasteiger partial charge on any atom is -0.316 e. The average Bonchev–Trinajstić information content (AvgIpc) is 2.82. The highest BCUT2D eigenvalue weighted by Crippen LogP contribution is 2.23. The molecular weight excluding hydrogens is 274 g/mol. The lowest BCUT2D eigenvalue weighted by Gasteiger charge is -2.30. The first-order valence-corrected chi connectivity index (χ1v) is 7.73. The number of nitrogens with one attached hydrogen (secondary N) is 2. The Labute approximate surface area is 131 Å². The number of carbonyl (C=O) groups is 1. The van der Waals surface area contributed by atoms with Crippen LogP contribution in [0.25, 0.3) is 0 Å². The molecule has 114 valence electrons. The lowest BCUT2D eigenvalue weighted by molar-refractivity contribution is 0.193. The van der Waals surface area contributed by atoms with Crippen molar-refractivity contribution in [1.29, 1.82) is 0 Å². The maximum absolute atomic E-state index is 12.7. The Morgan fingerprint density at radius 1 is 1.05 bits per heavy atom. The Morgan fingerprint density at radius 2 is 1.73 bits per heavy atom. The molecule has 0 saturated carbocycles. The normalized spacial score (nSPS) is 18.5. The number of rotatable bonds is 2. The van der Waals surface area contributed by atoms with Gasteiger partial charge in [0, 0.05) is 18.8 Å². The second-order valence-corrected chi connectivity index (χ2v) is 5.47. The molecule has 1 aliphatic heterocycles. The van der Waals surface area contributed by atoms with Crippen molar-refractivity contribution in [2.24, 2.45) is 0 Å². The van der Waals surface area contributed by atoms with Crippen LogP contribution in [-0.2, 0) is 0 Å². The van der Waals surface area contributed by atoms with Gasteiger partial charge in [-0.15, -0.1) is 0 Å². The predicted molar refractivity (Wildman–Crippen MR) is 88.8 cm³/mol. The van der Waals surface area contributed by atoms with Crippen molar-refractivity contribution in [2.45, 2.75) is 12.5 Å². The maximum atomic E-state index is 12.7. The highest BCUT2D eigenvalue weighted by Gasteiger charge is 2.26. The van der Waals surface area contributed by atoms with Crippen LogP contribution in [0.15, 0.2) is 60.7 Å². The summed E-state index contributed by atoms with van der Waals surface area (Å²) >= 11 is 0. The van der Waals surface area contributed by atoms with Crippen molar-refractivity contribution in [3.63, 3.8) is 0 Å². The van der Waals surface area contributed by atoms with Crippen molar-refractivity contribution in [2.75, 3.05) is 25.0 Å². The Kier molecular flexibility index (Phi) is 4.71. The van der Waals surface area contributed by atoms with E-state index in [1.807, 2.05) is 53.4 Å². The summed E-state index contributed by atoms with van der Waals surface area (Å²) in [5.41, 5.74) is 2.00. The van der Waals surface area contributed by atoms with Gasteiger partial charge in [0.05, 0.1) is 6.04 Å². The molecule has 0 aliphatic carbocycles. The molecule has 1 aliphatic rings. The van der Waals surface area contributed by atoms with Gasteiger partial charge in [-0.25, -0.2) is 4.79 Å². The second kappa shape index (κ2) is 7.09. The number of nitrogens with zero attached hydrogens (tertiary/aromatic N) is 1. The molecule has 1 fully saturated rings. The molecule has 2 amide bonds. The number of para-hydroxylation sites is 1. The van der Waals surface area contributed by atoms with Crippen LogP contribution in [0.5, 0.6) is 0 Å². The molecule has 1 heterocycles. The van der Waals surface area contributed by atoms with E-state index in [2.05, 4.69) is 22.8 Å². The van der Waals surface area contributed by atoms with Crippen LogP contribution in [0.1, 0.15) is 18.0 Å². The molecular formula is C18H21N3O. The molecule has 0 bridgehead atoms. The molecule has 2 aromatic rings. The average molecular weight is 295 g/mol. The number of carbonyl (C=O) groups excluding carboxylic acids is 1. The first-order valence-electron chi connectivity index (χ1n) is 7.73. The predicted octanol–water partition coefficient (Wildman–Crippen LogP) is 3.26. The van der Waals surface area contributed by atoms with E-state index in [0.29, 0.717) is 0 Å². The summed E-state index contributed by atoms with van der Waals surface area (Å²) in [5, 5.41) is 6.42. The number of benzene rings is 2. The minimum atomic E-state index is -0.0382. The third kappa shape index (κ3) is 3.46. The van der Waals surface area contributed by atoms with Gasteiger partial charge in [0.1, 0.15) is 0 Å². The Hall–Kier alpha value is -2.33. The molecule has 0 aromatic heterocycles. The summed E-state index contributed by atoms with van der Waals surface area (Å²) in [7, 11) is 0. The second-order valence-electron chi connectivity index (χ2n) is 5.47. The van der Waals surface area contributed by atoms with Gasteiger partial charge in [0.2, 0.25) is 0 Å². The van der Waals surface area contributed by atoms with E-state index in [-0.39, 0.29) is 12.1 Å². The van der Waals surface area contributed by atoms with Gasteiger partial charge in [-0.05, 0) is 30.7 Å². The smallest absolute Gasteiger partial charge is 0.316 e. The van der Waals surface area contributed by atoms with Gasteiger partial charge in [0.15, 0.2) is 0 Å². The van der Waals surface area contributed by atoms with Crippen molar-refractivity contribution in [3.8, 4) is 0 Å². The van der Waals surface area contributed by atoms with Crippen molar-refractivity contribution in [1.82, 2.24) is 10.2 Å². The van der Waals surface area contributed by atoms with Gasteiger partial charge in [-0.1, -0.05) is 48.5 Å². The fraction of sp³-hybridized carbons (Fsp3) is 0.278. The molecule has 2 aromatic carbocycles. The molecule has 4 nitrogen and oxygen atoms in total. The van der Waals surface area contributed by atoms with Crippen LogP contribution >= 0.6 is 0 Å². The van der Waals surface area contributed by atoms with Crippen LogP contribution in [0.4, 0.5) is 10.5 Å². The van der Waals surface area contributed by atoms with Crippen molar-refractivity contribution in [3.05, 3.63) is 66.2 Å². The monoisotopic (exact) mass is 295 g/mol. The summed E-state index contributed by atoms with van der Waals surface area (Å²) in [6, 6.07) is 19.8. The highest BCUT2D eigenvalue weighted by atomic mass is 16.2. The van der Waals surface area contributed by atoms with E-state index in [0.717, 1.165) is 31.7 Å². The zero-order valence-electron chi connectivity index (χ0n) is 12.5. The van der Waals surface area contributed by atoms with Crippen LogP contribution in [-0.4, -0.2) is 30.6 Å². The fourth-order valence-corrected chi connectivity index (χ4v) is 2.81. The summed E-state index contributed by atoms with van der Waals surface area (Å²) in [5.74, 6) is 0. The third-order valence-electron chi connectivity index (χ3n) is 3.94. The minimum absolute atomic E-state index is 0.0382. The van der Waals surface area contributed by atoms with Crippen molar-refractivity contribution >= 4 is 11.7 Å². The lowest BCUT2D eigenvalue weighted by atomic mass is 10.1. The molecule has 1 unspecified atom stereocenters. The Morgan fingerprint density at radius 3 is 2.45 bits per heavy atom. The molecule has 4 heteroatoms. The van der Waals surface area contributed by atoms with E-state index in [4.69, 9.17) is 0 Å². The molecule has 1 saturated heterocycles. The molecule has 0 radical (unpaired) electrons. The summed E-state index contributed by atoms with van der Waals surface area (Å²) in [4.78, 5) is 14.6. The first-order chi connectivity index (χ1) is 10.8. The van der Waals surface area contributed by atoms with Gasteiger partial charge < -0.3 is 15.5 Å². The van der Waals surface area contributed by atoms with Crippen molar-refractivity contribution < 1.29 is 4.79 Å². The third-order valence-corrected chi connectivity index (χ3v) is 3.94. The number of hydrogen-bond donors (Lipinski definition) is 2. The number of amides is 2. The topological polar surface area (TPSA) is 44.4 Å². The SMILES string of the molecule is O=C(Nc1ccccc1)N1CCCNCC1c1ccccc1. The Balaban J connectivity index is 1.80. The van der Waals surface area contributed by atoms with Crippen LogP contribution in [0, 0.1) is 0 Å². The molecule has 1 atom stereocenters. The summed E-state index contributed by atoms with van der Waals surface area (Å²) in [6.07, 6.45) is 0.964. The molecule has 22 heavy (non-hydrogen) atoms. The number of urea groups is 1. The zero-order chi connectivity index (χ0) is 15.2. The highest BCUT2D eigenvalue weighted by molar-refractivity contribution is 5.89. The summed E-state index contributed by atoms with van der Waals surface area (Å²) < 4.78 is 0. The number of hydrogen-bond acceptors (Lipinski definition) is 2. The van der Waals surface area contributed by atoms with Crippen LogP contribution in [0.3, 0.4) is 0 Å². The molecule has 3 rings (SSSR count). The first kappa shape index (κ1) is 14.6. The van der Waals surface area contributed by atoms with E-state index < -0.39 is 0 Å². The van der Waals surface area contributed by atoms with E-state index >= 15 is 0 Å². The maximum Gasteiger partial charge on any atom is 0.322 e. The summed E-state index contributed by atoms with van der Waals surface area (Å²) in [6.45, 7) is 2.48. The standard InChI is InChI=1S/C18H21N3O/c22-18(20-16-10-5-2-6-11-16)21-13-7-12-19-14-17(21)15-8-3-1-4-9-15/h1-6,8-11,17,19H,7,12-14H2,(H,20,22). The van der Waals surface area contributed by atoms with Gasteiger partial charge in [-0.3, -0.25) is 0 Å². The lowest BCUT2D eigenvalue weighted by Crippen LogP contribution is -2.40. The fourth-order valence-electron chi connectivity index (χ4n) is 2.81. The number of anilines is 1. The molecule has 0 spiro atoms.